The van der Waals surface area contributed by atoms with Gasteiger partial charge in [0, 0.05) is 23.5 Å². The van der Waals surface area contributed by atoms with Crippen molar-refractivity contribution >= 4 is 17.5 Å². The molecule has 1 aliphatic rings. The highest BCUT2D eigenvalue weighted by atomic mass is 32.2. The molecule has 0 spiro atoms. The summed E-state index contributed by atoms with van der Waals surface area (Å²) in [6, 6.07) is 8.19. The summed E-state index contributed by atoms with van der Waals surface area (Å²) < 4.78 is 0. The van der Waals surface area contributed by atoms with Gasteiger partial charge < -0.3 is 0 Å². The van der Waals surface area contributed by atoms with Crippen molar-refractivity contribution in [3.05, 3.63) is 29.8 Å². The van der Waals surface area contributed by atoms with Gasteiger partial charge in [0.2, 0.25) is 0 Å². The number of Topliss-reactive ketones (excluding diaryl/α,β-unsaturated/α-hetero) is 1. The maximum absolute atomic E-state index is 12.0. The number of unbranched alkanes of at least 4 members (excludes halogenated alkanes) is 1. The molecule has 1 nitrogen and oxygen atoms in total. The van der Waals surface area contributed by atoms with Crippen LogP contribution in [-0.2, 0) is 4.79 Å². The fourth-order valence-electron chi connectivity index (χ4n) is 1.97. The second-order valence-corrected chi connectivity index (χ2v) is 4.99. The van der Waals surface area contributed by atoms with Gasteiger partial charge in [-0.3, -0.25) is 4.79 Å². The van der Waals surface area contributed by atoms with Crippen LogP contribution >= 0.6 is 11.8 Å². The molecule has 1 aromatic rings. The lowest BCUT2D eigenvalue weighted by Gasteiger charge is -2.08. The zero-order valence-electron chi connectivity index (χ0n) is 9.11. The first-order chi connectivity index (χ1) is 7.83. The Morgan fingerprint density at radius 1 is 1.50 bits per heavy atom. The van der Waals surface area contributed by atoms with Crippen LogP contribution in [-0.4, -0.2) is 11.5 Å². The number of hydrogen-bond donors (Lipinski definition) is 0. The Labute approximate surface area is 101 Å². The first-order valence-corrected chi connectivity index (χ1v) is 6.49. The van der Waals surface area contributed by atoms with Crippen molar-refractivity contribution in [2.45, 2.75) is 30.1 Å². The van der Waals surface area contributed by atoms with E-state index in [-0.39, 0.29) is 5.92 Å². The van der Waals surface area contributed by atoms with Crippen molar-refractivity contribution in [1.29, 1.82) is 0 Å². The van der Waals surface area contributed by atoms with Crippen LogP contribution in [0.4, 0.5) is 0 Å². The van der Waals surface area contributed by atoms with Crippen LogP contribution in [0.15, 0.2) is 29.2 Å². The second kappa shape index (κ2) is 5.23. The van der Waals surface area contributed by atoms with Gasteiger partial charge in [-0.2, -0.15) is 0 Å². The largest absolute Gasteiger partial charge is 0.299 e. The molecule has 1 unspecified atom stereocenters. The molecule has 0 saturated carbocycles. The van der Waals surface area contributed by atoms with Gasteiger partial charge in [0.25, 0.3) is 0 Å². The minimum atomic E-state index is 0.0963. The minimum Gasteiger partial charge on any atom is -0.299 e. The van der Waals surface area contributed by atoms with E-state index in [1.54, 1.807) is 11.8 Å². The molecule has 82 valence electrons. The average molecular weight is 230 g/mol. The number of hydrogen-bond acceptors (Lipinski definition) is 2. The van der Waals surface area contributed by atoms with E-state index in [1.807, 2.05) is 12.1 Å². The number of ketones is 1. The maximum Gasteiger partial charge on any atom is 0.141 e. The summed E-state index contributed by atoms with van der Waals surface area (Å²) in [6.07, 6.45) is 7.31. The number of carbonyl (C=O) groups excluding carboxylic acids is 1. The number of terminal acetylenes is 1. The van der Waals surface area contributed by atoms with Crippen molar-refractivity contribution in [2.75, 3.05) is 5.75 Å². The summed E-state index contributed by atoms with van der Waals surface area (Å²) in [7, 11) is 0. The Bertz CT molecular complexity index is 431. The molecule has 2 rings (SSSR count). The van der Waals surface area contributed by atoms with E-state index in [1.165, 1.54) is 10.5 Å². The molecule has 2 heteroatoms. The molecule has 0 aliphatic carbocycles. The summed E-state index contributed by atoms with van der Waals surface area (Å²) in [6.45, 7) is 0. The molecule has 1 heterocycles. The smallest absolute Gasteiger partial charge is 0.141 e. The molecule has 0 fully saturated rings. The molecule has 0 saturated heterocycles. The lowest BCUT2D eigenvalue weighted by Crippen LogP contribution is -2.11. The molecule has 0 radical (unpaired) electrons. The van der Waals surface area contributed by atoms with E-state index in [4.69, 9.17) is 6.42 Å². The van der Waals surface area contributed by atoms with E-state index < -0.39 is 0 Å². The maximum atomic E-state index is 12.0. The van der Waals surface area contributed by atoms with Crippen LogP contribution < -0.4 is 0 Å². The van der Waals surface area contributed by atoms with Crippen molar-refractivity contribution in [3.8, 4) is 12.3 Å². The summed E-state index contributed by atoms with van der Waals surface area (Å²) in [4.78, 5) is 13.3. The monoisotopic (exact) mass is 230 g/mol. The molecular formula is C14H14OS. The fourth-order valence-corrected chi connectivity index (χ4v) is 3.23. The van der Waals surface area contributed by atoms with Gasteiger partial charge in [0.05, 0.1) is 5.92 Å². The number of thioether (sulfide) groups is 1. The third kappa shape index (κ3) is 2.31. The van der Waals surface area contributed by atoms with Gasteiger partial charge in [0.15, 0.2) is 0 Å². The molecule has 0 N–H and O–H groups in total. The Morgan fingerprint density at radius 2 is 2.31 bits per heavy atom. The third-order valence-electron chi connectivity index (χ3n) is 2.83. The van der Waals surface area contributed by atoms with Crippen LogP contribution in [0.2, 0.25) is 0 Å². The van der Waals surface area contributed by atoms with Crippen LogP contribution in [0.25, 0.3) is 0 Å². The SMILES string of the molecule is C#CCCCC(=O)C1CSc2ccccc21. The average Bonchev–Trinajstić information content (AvgIpc) is 2.73. The zero-order valence-corrected chi connectivity index (χ0v) is 9.93. The third-order valence-corrected chi connectivity index (χ3v) is 4.02. The summed E-state index contributed by atoms with van der Waals surface area (Å²) in [5.41, 5.74) is 1.21. The van der Waals surface area contributed by atoms with Crippen LogP contribution in [0.1, 0.15) is 30.7 Å². The number of rotatable bonds is 4. The van der Waals surface area contributed by atoms with Crippen molar-refractivity contribution < 1.29 is 4.79 Å². The van der Waals surface area contributed by atoms with Crippen molar-refractivity contribution in [1.82, 2.24) is 0 Å². The van der Waals surface area contributed by atoms with E-state index in [2.05, 4.69) is 18.1 Å². The Kier molecular flexibility index (Phi) is 3.69. The number of fused-ring (bicyclic) bond motifs is 1. The summed E-state index contributed by atoms with van der Waals surface area (Å²) in [5.74, 6) is 3.91. The quantitative estimate of drug-likeness (QED) is 0.583. The fraction of sp³-hybridized carbons (Fsp3) is 0.357. The normalized spacial score (nSPS) is 17.8. The molecule has 0 aromatic heterocycles. The minimum absolute atomic E-state index is 0.0963. The highest BCUT2D eigenvalue weighted by Crippen LogP contribution is 2.40. The van der Waals surface area contributed by atoms with Gasteiger partial charge in [-0.15, -0.1) is 24.1 Å². The van der Waals surface area contributed by atoms with Crippen molar-refractivity contribution in [3.63, 3.8) is 0 Å². The number of benzene rings is 1. The highest BCUT2D eigenvalue weighted by molar-refractivity contribution is 7.99. The van der Waals surface area contributed by atoms with E-state index in [0.29, 0.717) is 18.6 Å². The Hall–Kier alpha value is -1.20. The van der Waals surface area contributed by atoms with Crippen molar-refractivity contribution in [2.24, 2.45) is 0 Å². The van der Waals surface area contributed by atoms with Crippen LogP contribution in [0.5, 0.6) is 0 Å². The number of carbonyl (C=O) groups is 1. The molecular weight excluding hydrogens is 216 g/mol. The first kappa shape index (κ1) is 11.3. The van der Waals surface area contributed by atoms with E-state index >= 15 is 0 Å². The Balaban J connectivity index is 2.02. The predicted octanol–water partition coefficient (Wildman–Crippen LogP) is 3.25. The van der Waals surface area contributed by atoms with E-state index in [0.717, 1.165) is 12.2 Å². The first-order valence-electron chi connectivity index (χ1n) is 5.51. The van der Waals surface area contributed by atoms with E-state index in [9.17, 15) is 4.79 Å². The topological polar surface area (TPSA) is 17.1 Å². The molecule has 0 bridgehead atoms. The lowest BCUT2D eigenvalue weighted by atomic mass is 9.94. The molecule has 0 amide bonds. The Morgan fingerprint density at radius 3 is 3.12 bits per heavy atom. The van der Waals surface area contributed by atoms with Gasteiger partial charge >= 0.3 is 0 Å². The molecule has 1 aromatic carbocycles. The lowest BCUT2D eigenvalue weighted by molar-refractivity contribution is -0.120. The standard InChI is InChI=1S/C14H14OS/c1-2-3-4-8-13(15)12-10-16-14-9-6-5-7-11(12)14/h1,5-7,9,12H,3-4,8,10H2. The van der Waals surface area contributed by atoms with Gasteiger partial charge in [0.1, 0.15) is 5.78 Å². The van der Waals surface area contributed by atoms with Gasteiger partial charge in [-0.25, -0.2) is 0 Å². The molecule has 1 atom stereocenters. The predicted molar refractivity (Wildman–Crippen MR) is 67.6 cm³/mol. The van der Waals surface area contributed by atoms with Gasteiger partial charge in [-0.1, -0.05) is 18.2 Å². The molecule has 16 heavy (non-hydrogen) atoms. The molecule has 1 aliphatic heterocycles. The van der Waals surface area contributed by atoms with Gasteiger partial charge in [-0.05, 0) is 18.1 Å². The summed E-state index contributed by atoms with van der Waals surface area (Å²) in [5, 5.41) is 0. The zero-order chi connectivity index (χ0) is 11.4. The summed E-state index contributed by atoms with van der Waals surface area (Å²) >= 11 is 1.78. The van der Waals surface area contributed by atoms with Crippen LogP contribution in [0, 0.1) is 12.3 Å². The second-order valence-electron chi connectivity index (χ2n) is 3.93. The van der Waals surface area contributed by atoms with Crippen LogP contribution in [0.3, 0.4) is 0 Å². The highest BCUT2D eigenvalue weighted by Gasteiger charge is 2.27.